The zero-order valence-electron chi connectivity index (χ0n) is 9.45. The molecule has 0 spiro atoms. The van der Waals surface area contributed by atoms with Crippen LogP contribution in [0.4, 0.5) is 0 Å². The minimum atomic E-state index is -1.26. The largest absolute Gasteiger partial charge is 0.478 e. The Labute approximate surface area is 107 Å². The van der Waals surface area contributed by atoms with Crippen molar-refractivity contribution in [1.82, 2.24) is 0 Å². The van der Waals surface area contributed by atoms with Gasteiger partial charge in [-0.05, 0) is 17.5 Å². The number of nitriles is 1. The molecule has 2 aromatic rings. The number of aromatic carboxylic acids is 2. The molecule has 0 aliphatic carbocycles. The molecule has 0 bridgehead atoms. The monoisotopic (exact) mass is 257 g/mol. The molecule has 0 heterocycles. The van der Waals surface area contributed by atoms with Gasteiger partial charge in [0.05, 0.1) is 5.56 Å². The zero-order chi connectivity index (χ0) is 14.0. The first-order valence-corrected chi connectivity index (χ1v) is 5.14. The Morgan fingerprint density at radius 1 is 1.00 bits per heavy atom. The van der Waals surface area contributed by atoms with Crippen molar-refractivity contribution in [2.45, 2.75) is 0 Å². The maximum Gasteiger partial charge on any atom is 0.339 e. The maximum absolute atomic E-state index is 11.1. The van der Waals surface area contributed by atoms with E-state index in [9.17, 15) is 9.59 Å². The van der Waals surface area contributed by atoms with Crippen molar-refractivity contribution in [3.8, 4) is 12.0 Å². The third kappa shape index (κ3) is 2.05. The van der Waals surface area contributed by atoms with Crippen LogP contribution in [0.15, 0.2) is 30.3 Å². The summed E-state index contributed by atoms with van der Waals surface area (Å²) in [6.45, 7) is 0. The lowest BCUT2D eigenvalue weighted by Crippen LogP contribution is -2.03. The number of fused-ring (bicyclic) bond motifs is 1. The Morgan fingerprint density at radius 2 is 1.68 bits per heavy atom. The minimum Gasteiger partial charge on any atom is -0.478 e. The number of carboxylic acids is 2. The second-order valence-electron chi connectivity index (χ2n) is 3.65. The van der Waals surface area contributed by atoms with Gasteiger partial charge in [-0.3, -0.25) is 0 Å². The molecule has 0 aliphatic heterocycles. The number of hydrogen-bond acceptors (Lipinski definition) is 4. The Kier molecular flexibility index (Phi) is 3.04. The first kappa shape index (κ1) is 12.4. The summed E-state index contributed by atoms with van der Waals surface area (Å²) in [6, 6.07) is 6.94. The van der Waals surface area contributed by atoms with Gasteiger partial charge in [0.1, 0.15) is 5.56 Å². The first-order valence-electron chi connectivity index (χ1n) is 5.14. The third-order valence-corrected chi connectivity index (χ3v) is 2.62. The predicted molar refractivity (Wildman–Crippen MR) is 64.1 cm³/mol. The predicted octanol–water partition coefficient (Wildman–Crippen LogP) is 2.10. The van der Waals surface area contributed by atoms with Gasteiger partial charge in [-0.2, -0.15) is 0 Å². The summed E-state index contributed by atoms with van der Waals surface area (Å²) in [5.41, 5.74) is -0.186. The van der Waals surface area contributed by atoms with Crippen LogP contribution >= 0.6 is 0 Å². The number of benzene rings is 2. The lowest BCUT2D eigenvalue weighted by molar-refractivity contribution is 0.0686. The van der Waals surface area contributed by atoms with Crippen molar-refractivity contribution < 1.29 is 24.5 Å². The highest BCUT2D eigenvalue weighted by atomic mass is 16.5. The molecule has 0 atom stereocenters. The van der Waals surface area contributed by atoms with E-state index in [1.807, 2.05) is 0 Å². The molecule has 0 amide bonds. The van der Waals surface area contributed by atoms with Crippen molar-refractivity contribution in [2.75, 3.05) is 0 Å². The molecule has 6 nitrogen and oxygen atoms in total. The topological polar surface area (TPSA) is 108 Å². The van der Waals surface area contributed by atoms with Gasteiger partial charge in [0, 0.05) is 5.39 Å². The van der Waals surface area contributed by atoms with Gasteiger partial charge in [-0.15, -0.1) is 5.26 Å². The summed E-state index contributed by atoms with van der Waals surface area (Å²) in [4.78, 5) is 22.1. The summed E-state index contributed by atoms with van der Waals surface area (Å²) in [6.07, 6.45) is 1.41. The molecular formula is C13H7NO5. The van der Waals surface area contributed by atoms with E-state index in [4.69, 9.17) is 15.5 Å². The molecule has 0 aromatic heterocycles. The lowest BCUT2D eigenvalue weighted by Gasteiger charge is -2.08. The number of carboxylic acid groups (broad SMARTS) is 2. The van der Waals surface area contributed by atoms with Gasteiger partial charge < -0.3 is 14.9 Å². The zero-order valence-corrected chi connectivity index (χ0v) is 9.45. The smallest absolute Gasteiger partial charge is 0.339 e. The SMILES string of the molecule is N#COc1c(C(=O)O)ccc2c(C(=O)O)cccc12. The molecule has 2 rings (SSSR count). The Hall–Kier alpha value is -3.07. The van der Waals surface area contributed by atoms with Crippen LogP contribution < -0.4 is 4.74 Å². The van der Waals surface area contributed by atoms with Crippen LogP contribution in [0.3, 0.4) is 0 Å². The highest BCUT2D eigenvalue weighted by Crippen LogP contribution is 2.32. The molecule has 0 fully saturated rings. The van der Waals surface area contributed by atoms with E-state index in [-0.39, 0.29) is 22.3 Å². The summed E-state index contributed by atoms with van der Waals surface area (Å²) in [5.74, 6) is -2.56. The molecule has 6 heteroatoms. The van der Waals surface area contributed by atoms with E-state index in [0.717, 1.165) is 0 Å². The van der Waals surface area contributed by atoms with Crippen LogP contribution in [0.25, 0.3) is 10.8 Å². The van der Waals surface area contributed by atoms with Gasteiger partial charge in [0.15, 0.2) is 5.75 Å². The molecular weight excluding hydrogens is 250 g/mol. The quantitative estimate of drug-likeness (QED) is 0.815. The fourth-order valence-corrected chi connectivity index (χ4v) is 1.84. The van der Waals surface area contributed by atoms with Crippen LogP contribution in [-0.2, 0) is 0 Å². The molecule has 2 aromatic carbocycles. The number of nitrogens with zero attached hydrogens (tertiary/aromatic N) is 1. The van der Waals surface area contributed by atoms with Crippen molar-refractivity contribution in [1.29, 1.82) is 5.26 Å². The van der Waals surface area contributed by atoms with Crippen molar-refractivity contribution >= 4 is 22.7 Å². The molecule has 19 heavy (non-hydrogen) atoms. The van der Waals surface area contributed by atoms with E-state index in [1.165, 1.54) is 36.6 Å². The highest BCUT2D eigenvalue weighted by molar-refractivity contribution is 6.08. The first-order chi connectivity index (χ1) is 9.06. The van der Waals surface area contributed by atoms with Crippen LogP contribution in [-0.4, -0.2) is 22.2 Å². The summed E-state index contributed by atoms with van der Waals surface area (Å²) in [5, 5.41) is 27.2. The van der Waals surface area contributed by atoms with E-state index >= 15 is 0 Å². The highest BCUT2D eigenvalue weighted by Gasteiger charge is 2.18. The van der Waals surface area contributed by atoms with Crippen LogP contribution in [0.2, 0.25) is 0 Å². The van der Waals surface area contributed by atoms with Crippen LogP contribution in [0.5, 0.6) is 5.75 Å². The van der Waals surface area contributed by atoms with Gasteiger partial charge in [-0.25, -0.2) is 9.59 Å². The maximum atomic E-state index is 11.1. The van der Waals surface area contributed by atoms with Gasteiger partial charge in [-0.1, -0.05) is 18.2 Å². The second kappa shape index (κ2) is 4.66. The molecule has 94 valence electrons. The minimum absolute atomic E-state index is 0.0113. The van der Waals surface area contributed by atoms with Crippen molar-refractivity contribution in [3.63, 3.8) is 0 Å². The number of ether oxygens (including phenoxy) is 1. The Morgan fingerprint density at radius 3 is 2.26 bits per heavy atom. The lowest BCUT2D eigenvalue weighted by atomic mass is 10.0. The van der Waals surface area contributed by atoms with Gasteiger partial charge >= 0.3 is 11.9 Å². The van der Waals surface area contributed by atoms with Crippen LogP contribution in [0, 0.1) is 11.5 Å². The molecule has 2 N–H and O–H groups in total. The number of carbonyl (C=O) groups is 2. The fourth-order valence-electron chi connectivity index (χ4n) is 1.84. The van der Waals surface area contributed by atoms with E-state index < -0.39 is 11.9 Å². The Bertz CT molecular complexity index is 730. The van der Waals surface area contributed by atoms with Crippen molar-refractivity contribution in [3.05, 3.63) is 41.5 Å². The average Bonchev–Trinajstić information content (AvgIpc) is 2.38. The summed E-state index contributed by atoms with van der Waals surface area (Å²) in [7, 11) is 0. The standard InChI is InChI=1S/C13H7NO5/c14-6-19-11-8-2-1-3-9(12(15)16)7(8)4-5-10(11)13(17)18/h1-5H,(H,15,16)(H,17,18). The second-order valence-corrected chi connectivity index (χ2v) is 3.65. The van der Waals surface area contributed by atoms with E-state index in [0.29, 0.717) is 5.39 Å². The van der Waals surface area contributed by atoms with Gasteiger partial charge in [0.2, 0.25) is 0 Å². The molecule has 0 aliphatic rings. The fraction of sp³-hybridized carbons (Fsp3) is 0. The van der Waals surface area contributed by atoms with Crippen LogP contribution in [0.1, 0.15) is 20.7 Å². The number of rotatable bonds is 3. The molecule has 0 radical (unpaired) electrons. The summed E-state index contributed by atoms with van der Waals surface area (Å²) >= 11 is 0. The Balaban J connectivity index is 2.87. The molecule has 0 unspecified atom stereocenters. The molecule has 0 saturated heterocycles. The third-order valence-electron chi connectivity index (χ3n) is 2.62. The average molecular weight is 257 g/mol. The van der Waals surface area contributed by atoms with E-state index in [2.05, 4.69) is 4.74 Å². The normalized spacial score (nSPS) is 9.84. The summed E-state index contributed by atoms with van der Waals surface area (Å²) < 4.78 is 4.68. The van der Waals surface area contributed by atoms with Gasteiger partial charge in [0.25, 0.3) is 6.26 Å². The molecule has 0 saturated carbocycles. The van der Waals surface area contributed by atoms with E-state index in [1.54, 1.807) is 0 Å². The number of hydrogen-bond donors (Lipinski definition) is 2. The van der Waals surface area contributed by atoms with Crippen molar-refractivity contribution in [2.24, 2.45) is 0 Å².